The van der Waals surface area contributed by atoms with E-state index in [2.05, 4.69) is 10.3 Å². The minimum Gasteiger partial charge on any atom is -0.325 e. The SMILES string of the molecule is CC1(C)C(=O)NC(=O)CN1C(=O)c1ccnc(CN)c1. The van der Waals surface area contributed by atoms with Gasteiger partial charge in [0.15, 0.2) is 0 Å². The molecule has 106 valence electrons. The van der Waals surface area contributed by atoms with E-state index >= 15 is 0 Å². The molecule has 3 N–H and O–H groups in total. The Balaban J connectivity index is 2.35. The van der Waals surface area contributed by atoms with Crippen LogP contribution in [0.3, 0.4) is 0 Å². The summed E-state index contributed by atoms with van der Waals surface area (Å²) in [6.07, 6.45) is 1.48. The second-order valence-electron chi connectivity index (χ2n) is 5.07. The van der Waals surface area contributed by atoms with Crippen molar-refractivity contribution in [2.75, 3.05) is 6.54 Å². The molecule has 0 atom stereocenters. The van der Waals surface area contributed by atoms with Crippen molar-refractivity contribution in [1.82, 2.24) is 15.2 Å². The summed E-state index contributed by atoms with van der Waals surface area (Å²) in [7, 11) is 0. The minimum atomic E-state index is -1.09. The van der Waals surface area contributed by atoms with Crippen molar-refractivity contribution >= 4 is 17.7 Å². The quantitative estimate of drug-likeness (QED) is 0.703. The molecule has 0 radical (unpaired) electrons. The van der Waals surface area contributed by atoms with Crippen molar-refractivity contribution in [2.45, 2.75) is 25.9 Å². The lowest BCUT2D eigenvalue weighted by Crippen LogP contribution is -2.65. The number of hydrogen-bond donors (Lipinski definition) is 2. The van der Waals surface area contributed by atoms with Crippen molar-refractivity contribution in [2.24, 2.45) is 5.73 Å². The van der Waals surface area contributed by atoms with Crippen LogP contribution in [0.1, 0.15) is 29.9 Å². The van der Waals surface area contributed by atoms with E-state index in [1.54, 1.807) is 19.9 Å². The first-order chi connectivity index (χ1) is 9.36. The van der Waals surface area contributed by atoms with Crippen LogP contribution in [0.25, 0.3) is 0 Å². The maximum absolute atomic E-state index is 12.5. The molecule has 2 rings (SSSR count). The predicted molar refractivity (Wildman–Crippen MR) is 70.4 cm³/mol. The monoisotopic (exact) mass is 276 g/mol. The molecule has 0 saturated carbocycles. The summed E-state index contributed by atoms with van der Waals surface area (Å²) in [5.74, 6) is -1.37. The third-order valence-corrected chi connectivity index (χ3v) is 3.30. The Hall–Kier alpha value is -2.28. The largest absolute Gasteiger partial charge is 0.325 e. The fraction of sp³-hybridized carbons (Fsp3) is 0.385. The minimum absolute atomic E-state index is 0.155. The van der Waals surface area contributed by atoms with Crippen LogP contribution in [0.2, 0.25) is 0 Å². The molecule has 1 aromatic rings. The summed E-state index contributed by atoms with van der Waals surface area (Å²) < 4.78 is 0. The number of pyridine rings is 1. The number of carbonyl (C=O) groups is 3. The highest BCUT2D eigenvalue weighted by Gasteiger charge is 2.43. The third kappa shape index (κ3) is 2.39. The van der Waals surface area contributed by atoms with Crippen LogP contribution < -0.4 is 11.1 Å². The molecule has 1 saturated heterocycles. The van der Waals surface area contributed by atoms with Crippen LogP contribution >= 0.6 is 0 Å². The molecule has 0 spiro atoms. The Morgan fingerprint density at radius 2 is 2.20 bits per heavy atom. The maximum Gasteiger partial charge on any atom is 0.255 e. The first-order valence-corrected chi connectivity index (χ1v) is 6.17. The smallest absolute Gasteiger partial charge is 0.255 e. The summed E-state index contributed by atoms with van der Waals surface area (Å²) in [4.78, 5) is 41.1. The number of aromatic nitrogens is 1. The van der Waals surface area contributed by atoms with Crippen LogP contribution in [-0.4, -0.2) is 39.7 Å². The lowest BCUT2D eigenvalue weighted by Gasteiger charge is -2.40. The highest BCUT2D eigenvalue weighted by molar-refractivity contribution is 6.08. The number of nitrogens with two attached hydrogens (primary N) is 1. The van der Waals surface area contributed by atoms with Crippen LogP contribution in [-0.2, 0) is 16.1 Å². The Bertz CT molecular complexity index is 583. The maximum atomic E-state index is 12.5. The standard InChI is InChI=1S/C13H16N4O3/c1-13(2)12(20)16-10(18)7-17(13)11(19)8-3-4-15-9(5-8)6-14/h3-5H,6-7,14H2,1-2H3,(H,16,18,20). The first kappa shape index (κ1) is 14.1. The predicted octanol–water partition coefficient (Wildman–Crippen LogP) is -0.582. The van der Waals surface area contributed by atoms with E-state index in [0.29, 0.717) is 11.3 Å². The van der Waals surface area contributed by atoms with Gasteiger partial charge in [0.05, 0.1) is 5.69 Å². The van der Waals surface area contributed by atoms with E-state index in [1.165, 1.54) is 17.2 Å². The second-order valence-corrected chi connectivity index (χ2v) is 5.07. The zero-order valence-electron chi connectivity index (χ0n) is 11.3. The Morgan fingerprint density at radius 3 is 2.85 bits per heavy atom. The average molecular weight is 276 g/mol. The second kappa shape index (κ2) is 5.01. The number of nitrogens with zero attached hydrogens (tertiary/aromatic N) is 2. The molecule has 20 heavy (non-hydrogen) atoms. The molecule has 1 aromatic heterocycles. The van der Waals surface area contributed by atoms with Gasteiger partial charge in [-0.05, 0) is 26.0 Å². The van der Waals surface area contributed by atoms with Crippen molar-refractivity contribution in [3.05, 3.63) is 29.6 Å². The van der Waals surface area contributed by atoms with E-state index in [4.69, 9.17) is 5.73 Å². The van der Waals surface area contributed by atoms with Crippen molar-refractivity contribution in [3.63, 3.8) is 0 Å². The van der Waals surface area contributed by atoms with E-state index in [1.807, 2.05) is 0 Å². The molecule has 3 amide bonds. The third-order valence-electron chi connectivity index (χ3n) is 3.30. The Labute approximate surface area is 116 Å². The molecule has 0 bridgehead atoms. The fourth-order valence-electron chi connectivity index (χ4n) is 1.99. The molecule has 1 aliphatic rings. The van der Waals surface area contributed by atoms with Crippen LogP contribution in [0.5, 0.6) is 0 Å². The molecule has 1 aliphatic heterocycles. The van der Waals surface area contributed by atoms with Gasteiger partial charge in [-0.25, -0.2) is 0 Å². The average Bonchev–Trinajstić information content (AvgIpc) is 2.42. The summed E-state index contributed by atoms with van der Waals surface area (Å²) in [6, 6.07) is 3.10. The van der Waals surface area contributed by atoms with Gasteiger partial charge in [-0.2, -0.15) is 0 Å². The van der Waals surface area contributed by atoms with Gasteiger partial charge in [0.1, 0.15) is 12.1 Å². The zero-order chi connectivity index (χ0) is 14.9. The molecule has 7 heteroatoms. The van der Waals surface area contributed by atoms with Crippen molar-refractivity contribution in [3.8, 4) is 0 Å². The summed E-state index contributed by atoms with van der Waals surface area (Å²) in [5.41, 5.74) is 5.33. The highest BCUT2D eigenvalue weighted by atomic mass is 16.2. The number of imide groups is 1. The molecule has 1 fully saturated rings. The van der Waals surface area contributed by atoms with E-state index in [-0.39, 0.29) is 13.1 Å². The van der Waals surface area contributed by atoms with Crippen molar-refractivity contribution in [1.29, 1.82) is 0 Å². The number of hydrogen-bond acceptors (Lipinski definition) is 5. The highest BCUT2D eigenvalue weighted by Crippen LogP contribution is 2.21. The first-order valence-electron chi connectivity index (χ1n) is 6.17. The van der Waals surface area contributed by atoms with Gasteiger partial charge in [-0.1, -0.05) is 0 Å². The van der Waals surface area contributed by atoms with Gasteiger partial charge >= 0.3 is 0 Å². The van der Waals surface area contributed by atoms with Crippen LogP contribution in [0.15, 0.2) is 18.3 Å². The Morgan fingerprint density at radius 1 is 1.50 bits per heavy atom. The van der Waals surface area contributed by atoms with Crippen LogP contribution in [0.4, 0.5) is 0 Å². The van der Waals surface area contributed by atoms with Gasteiger partial charge in [0.25, 0.3) is 11.8 Å². The summed E-state index contributed by atoms with van der Waals surface area (Å²) in [5, 5.41) is 2.22. The van der Waals surface area contributed by atoms with Gasteiger partial charge < -0.3 is 10.6 Å². The Kier molecular flexibility index (Phi) is 3.54. The number of nitrogens with one attached hydrogen (secondary N) is 1. The van der Waals surface area contributed by atoms with E-state index in [0.717, 1.165) is 0 Å². The lowest BCUT2D eigenvalue weighted by molar-refractivity contribution is -0.143. The topological polar surface area (TPSA) is 105 Å². The van der Waals surface area contributed by atoms with E-state index < -0.39 is 23.3 Å². The van der Waals surface area contributed by atoms with E-state index in [9.17, 15) is 14.4 Å². The molecule has 0 unspecified atom stereocenters. The fourth-order valence-corrected chi connectivity index (χ4v) is 1.99. The molecular weight excluding hydrogens is 260 g/mol. The molecule has 0 aromatic carbocycles. The number of carbonyl (C=O) groups excluding carboxylic acids is 3. The molecule has 7 nitrogen and oxygen atoms in total. The van der Waals surface area contributed by atoms with Gasteiger partial charge in [0.2, 0.25) is 5.91 Å². The molecule has 0 aliphatic carbocycles. The number of amides is 3. The number of rotatable bonds is 2. The van der Waals surface area contributed by atoms with Gasteiger partial charge in [-0.3, -0.25) is 24.7 Å². The summed E-state index contributed by atoms with van der Waals surface area (Å²) in [6.45, 7) is 3.25. The van der Waals surface area contributed by atoms with Gasteiger partial charge in [-0.15, -0.1) is 0 Å². The molecular formula is C13H16N4O3. The van der Waals surface area contributed by atoms with Crippen molar-refractivity contribution < 1.29 is 14.4 Å². The van der Waals surface area contributed by atoms with Gasteiger partial charge in [0, 0.05) is 18.3 Å². The summed E-state index contributed by atoms with van der Waals surface area (Å²) >= 11 is 0. The zero-order valence-corrected chi connectivity index (χ0v) is 11.3. The normalized spacial score (nSPS) is 17.9. The van der Waals surface area contributed by atoms with Crippen LogP contribution in [0, 0.1) is 0 Å². The lowest BCUT2D eigenvalue weighted by atomic mass is 9.97. The number of piperazine rings is 1. The molecule has 2 heterocycles.